The number of aliphatic hydroxyl groups is 1. The van der Waals surface area contributed by atoms with Gasteiger partial charge in [0.25, 0.3) is 0 Å². The minimum absolute atomic E-state index is 0.101. The molecule has 0 aliphatic carbocycles. The number of aliphatic carboxylic acids is 1. The van der Waals surface area contributed by atoms with Crippen LogP contribution in [0.2, 0.25) is 0 Å². The molecule has 6 heteroatoms. The zero-order valence-corrected chi connectivity index (χ0v) is 9.96. The van der Waals surface area contributed by atoms with Gasteiger partial charge in [0, 0.05) is 19.6 Å². The number of amides is 1. The first-order valence-corrected chi connectivity index (χ1v) is 5.84. The quantitative estimate of drug-likeness (QED) is 0.635. The zero-order valence-electron chi connectivity index (χ0n) is 9.96. The number of carboxylic acids is 1. The van der Waals surface area contributed by atoms with Gasteiger partial charge in [0.1, 0.15) is 6.04 Å². The Balaban J connectivity index is 2.41. The van der Waals surface area contributed by atoms with E-state index in [0.717, 1.165) is 6.42 Å². The van der Waals surface area contributed by atoms with Crippen LogP contribution in [0, 0.1) is 0 Å². The number of rotatable bonds is 6. The van der Waals surface area contributed by atoms with E-state index in [1.807, 2.05) is 6.92 Å². The molecule has 0 aromatic carbocycles. The molecule has 2 atom stereocenters. The van der Waals surface area contributed by atoms with E-state index in [4.69, 9.17) is 9.84 Å². The number of nitrogens with zero attached hydrogens (tertiary/aromatic N) is 1. The van der Waals surface area contributed by atoms with Gasteiger partial charge in [-0.2, -0.15) is 0 Å². The molecule has 1 amide bonds. The highest BCUT2D eigenvalue weighted by molar-refractivity contribution is 5.84. The average molecular weight is 245 g/mol. The van der Waals surface area contributed by atoms with E-state index in [9.17, 15) is 14.7 Å². The topological polar surface area (TPSA) is 87.1 Å². The molecule has 0 aromatic heterocycles. The van der Waals surface area contributed by atoms with E-state index in [1.165, 1.54) is 4.90 Å². The van der Waals surface area contributed by atoms with Crippen LogP contribution in [-0.2, 0) is 14.3 Å². The van der Waals surface area contributed by atoms with Gasteiger partial charge < -0.3 is 19.8 Å². The Hall–Kier alpha value is -1.14. The predicted molar refractivity (Wildman–Crippen MR) is 59.5 cm³/mol. The van der Waals surface area contributed by atoms with Crippen LogP contribution < -0.4 is 0 Å². The van der Waals surface area contributed by atoms with Gasteiger partial charge in [-0.25, -0.2) is 4.79 Å². The van der Waals surface area contributed by atoms with Gasteiger partial charge in [0.2, 0.25) is 5.91 Å². The molecule has 1 fully saturated rings. The first-order valence-electron chi connectivity index (χ1n) is 5.84. The molecular weight excluding hydrogens is 226 g/mol. The van der Waals surface area contributed by atoms with Crippen LogP contribution in [0.25, 0.3) is 0 Å². The summed E-state index contributed by atoms with van der Waals surface area (Å²) >= 11 is 0. The van der Waals surface area contributed by atoms with Crippen LogP contribution in [0.15, 0.2) is 0 Å². The molecule has 0 bridgehead atoms. The lowest BCUT2D eigenvalue weighted by molar-refractivity contribution is -0.148. The van der Waals surface area contributed by atoms with Gasteiger partial charge in [0.15, 0.2) is 0 Å². The summed E-state index contributed by atoms with van der Waals surface area (Å²) in [4.78, 5) is 23.9. The maximum absolute atomic E-state index is 11.7. The predicted octanol–water partition coefficient (Wildman–Crippen LogP) is -0.151. The standard InChI is InChI=1S/C11H19NO5/c1-2-4-17-5-3-10(14)12-7-8(13)6-9(12)11(15)16/h8-9,13H,2-7H2,1H3,(H,15,16)/t8?,9-/m0/s1. The molecule has 1 rings (SSSR count). The van der Waals surface area contributed by atoms with Crippen molar-refractivity contribution in [1.82, 2.24) is 4.90 Å². The van der Waals surface area contributed by atoms with Crippen molar-refractivity contribution in [3.63, 3.8) is 0 Å². The van der Waals surface area contributed by atoms with Crippen LogP contribution in [0.1, 0.15) is 26.2 Å². The monoisotopic (exact) mass is 245 g/mol. The van der Waals surface area contributed by atoms with Crippen LogP contribution >= 0.6 is 0 Å². The maximum atomic E-state index is 11.7. The molecule has 1 aliphatic heterocycles. The fraction of sp³-hybridized carbons (Fsp3) is 0.818. The third-order valence-corrected chi connectivity index (χ3v) is 2.69. The zero-order chi connectivity index (χ0) is 12.8. The highest BCUT2D eigenvalue weighted by atomic mass is 16.5. The molecule has 1 heterocycles. The fourth-order valence-corrected chi connectivity index (χ4v) is 1.87. The minimum atomic E-state index is -1.07. The lowest BCUT2D eigenvalue weighted by atomic mass is 10.2. The maximum Gasteiger partial charge on any atom is 0.326 e. The molecule has 0 radical (unpaired) electrons. The lowest BCUT2D eigenvalue weighted by Crippen LogP contribution is -2.40. The Labute approximate surface area is 100 Å². The molecule has 1 aliphatic rings. The van der Waals surface area contributed by atoms with Crippen LogP contribution in [0.5, 0.6) is 0 Å². The van der Waals surface area contributed by atoms with Crippen molar-refractivity contribution in [2.75, 3.05) is 19.8 Å². The summed E-state index contributed by atoms with van der Waals surface area (Å²) in [6.45, 7) is 2.96. The van der Waals surface area contributed by atoms with Crippen molar-refractivity contribution >= 4 is 11.9 Å². The van der Waals surface area contributed by atoms with E-state index < -0.39 is 18.1 Å². The Kier molecular flexibility index (Phi) is 5.37. The first-order chi connectivity index (χ1) is 8.06. The van der Waals surface area contributed by atoms with Gasteiger partial charge in [-0.15, -0.1) is 0 Å². The molecule has 1 unspecified atom stereocenters. The van der Waals surface area contributed by atoms with Gasteiger partial charge in [-0.3, -0.25) is 4.79 Å². The summed E-state index contributed by atoms with van der Waals surface area (Å²) in [5.41, 5.74) is 0. The van der Waals surface area contributed by atoms with Gasteiger partial charge in [-0.1, -0.05) is 6.92 Å². The Morgan fingerprint density at radius 3 is 2.71 bits per heavy atom. The Morgan fingerprint density at radius 2 is 2.12 bits per heavy atom. The average Bonchev–Trinajstić information content (AvgIpc) is 2.66. The van der Waals surface area contributed by atoms with Crippen molar-refractivity contribution in [3.8, 4) is 0 Å². The van der Waals surface area contributed by atoms with Crippen LogP contribution in [0.3, 0.4) is 0 Å². The number of carbonyl (C=O) groups excluding carboxylic acids is 1. The summed E-state index contributed by atoms with van der Waals surface area (Å²) in [6.07, 6.45) is 0.415. The number of carbonyl (C=O) groups is 2. The largest absolute Gasteiger partial charge is 0.480 e. The number of likely N-dealkylation sites (tertiary alicyclic amines) is 1. The Morgan fingerprint density at radius 1 is 1.41 bits per heavy atom. The second kappa shape index (κ2) is 6.56. The third kappa shape index (κ3) is 3.98. The van der Waals surface area contributed by atoms with Gasteiger partial charge in [0.05, 0.1) is 19.1 Å². The highest BCUT2D eigenvalue weighted by Gasteiger charge is 2.38. The normalized spacial score (nSPS) is 24.0. The summed E-state index contributed by atoms with van der Waals surface area (Å²) in [5.74, 6) is -1.34. The van der Waals surface area contributed by atoms with E-state index in [0.29, 0.717) is 13.2 Å². The molecule has 17 heavy (non-hydrogen) atoms. The number of hydrogen-bond acceptors (Lipinski definition) is 4. The molecule has 0 saturated carbocycles. The number of hydrogen-bond donors (Lipinski definition) is 2. The van der Waals surface area contributed by atoms with Crippen LogP contribution in [0.4, 0.5) is 0 Å². The first kappa shape index (κ1) is 13.9. The molecular formula is C11H19NO5. The van der Waals surface area contributed by atoms with E-state index in [1.54, 1.807) is 0 Å². The Bertz CT molecular complexity index is 281. The van der Waals surface area contributed by atoms with Crippen molar-refractivity contribution in [1.29, 1.82) is 0 Å². The van der Waals surface area contributed by atoms with Crippen LogP contribution in [-0.4, -0.2) is 58.9 Å². The SMILES string of the molecule is CCCOCCC(=O)N1CC(O)C[C@H]1C(=O)O. The van der Waals surface area contributed by atoms with Gasteiger partial charge in [-0.05, 0) is 6.42 Å². The fourth-order valence-electron chi connectivity index (χ4n) is 1.87. The molecule has 1 saturated heterocycles. The molecule has 6 nitrogen and oxygen atoms in total. The van der Waals surface area contributed by atoms with Crippen molar-refractivity contribution in [3.05, 3.63) is 0 Å². The van der Waals surface area contributed by atoms with E-state index in [-0.39, 0.29) is 25.3 Å². The summed E-state index contributed by atoms with van der Waals surface area (Å²) < 4.78 is 5.18. The second-order valence-electron chi connectivity index (χ2n) is 4.15. The van der Waals surface area contributed by atoms with Crippen molar-refractivity contribution in [2.45, 2.75) is 38.3 Å². The molecule has 98 valence electrons. The van der Waals surface area contributed by atoms with E-state index >= 15 is 0 Å². The number of ether oxygens (including phenoxy) is 1. The number of carboxylic acid groups (broad SMARTS) is 1. The van der Waals surface area contributed by atoms with E-state index in [2.05, 4.69) is 0 Å². The third-order valence-electron chi connectivity index (χ3n) is 2.69. The highest BCUT2D eigenvalue weighted by Crippen LogP contribution is 2.19. The molecule has 0 aromatic rings. The summed E-state index contributed by atoms with van der Waals surface area (Å²) in [7, 11) is 0. The molecule has 0 spiro atoms. The lowest BCUT2D eigenvalue weighted by Gasteiger charge is -2.21. The minimum Gasteiger partial charge on any atom is -0.480 e. The smallest absolute Gasteiger partial charge is 0.326 e. The number of β-amino-alcohol motifs (C(OH)–C–C–N with tert-alkyl or cyclic N) is 1. The summed E-state index contributed by atoms with van der Waals surface area (Å²) in [5, 5.41) is 18.3. The molecule has 2 N–H and O–H groups in total. The van der Waals surface area contributed by atoms with Gasteiger partial charge >= 0.3 is 5.97 Å². The van der Waals surface area contributed by atoms with Crippen molar-refractivity contribution in [2.24, 2.45) is 0 Å². The second-order valence-corrected chi connectivity index (χ2v) is 4.15. The number of aliphatic hydroxyl groups excluding tert-OH is 1. The van der Waals surface area contributed by atoms with Crippen molar-refractivity contribution < 1.29 is 24.5 Å². The summed E-state index contributed by atoms with van der Waals surface area (Å²) in [6, 6.07) is -0.899.